The second-order valence-electron chi connectivity index (χ2n) is 2.89. The number of aliphatic hydroxyl groups is 1. The summed E-state index contributed by atoms with van der Waals surface area (Å²) in [5, 5.41) is 8.63. The molecule has 0 saturated heterocycles. The number of benzene rings is 1. The first-order valence-electron chi connectivity index (χ1n) is 4.20. The summed E-state index contributed by atoms with van der Waals surface area (Å²) in [5.74, 6) is -0.926. The van der Waals surface area contributed by atoms with Crippen LogP contribution in [0.1, 0.15) is 17.9 Å². The Hall–Kier alpha value is -0.960. The summed E-state index contributed by atoms with van der Waals surface area (Å²) in [6.45, 7) is -0.760. The van der Waals surface area contributed by atoms with Crippen molar-refractivity contribution in [1.29, 1.82) is 0 Å². The van der Waals surface area contributed by atoms with Crippen LogP contribution < -0.4 is 0 Å². The minimum atomic E-state index is -0.637. The average molecular weight is 186 g/mol. The summed E-state index contributed by atoms with van der Waals surface area (Å²) in [4.78, 5) is 0. The third kappa shape index (κ3) is 2.49. The highest BCUT2D eigenvalue weighted by Crippen LogP contribution is 2.22. The number of alkyl halides is 1. The van der Waals surface area contributed by atoms with Gasteiger partial charge in [-0.3, -0.25) is 4.39 Å². The molecule has 0 aliphatic carbocycles. The lowest BCUT2D eigenvalue weighted by atomic mass is 9.97. The molecular weight excluding hydrogens is 174 g/mol. The summed E-state index contributed by atoms with van der Waals surface area (Å²) in [7, 11) is 0. The maximum Gasteiger partial charge on any atom is 0.126 e. The molecule has 0 saturated carbocycles. The van der Waals surface area contributed by atoms with Gasteiger partial charge in [0, 0.05) is 12.5 Å². The molecule has 1 aromatic carbocycles. The highest BCUT2D eigenvalue weighted by molar-refractivity contribution is 5.21. The molecule has 0 heterocycles. The van der Waals surface area contributed by atoms with Gasteiger partial charge in [0.2, 0.25) is 0 Å². The van der Waals surface area contributed by atoms with Gasteiger partial charge in [-0.15, -0.1) is 0 Å². The largest absolute Gasteiger partial charge is 0.396 e. The predicted molar refractivity (Wildman–Crippen MR) is 46.8 cm³/mol. The van der Waals surface area contributed by atoms with Gasteiger partial charge >= 0.3 is 0 Å². The van der Waals surface area contributed by atoms with E-state index in [4.69, 9.17) is 5.11 Å². The summed E-state index contributed by atoms with van der Waals surface area (Å²) in [6, 6.07) is 6.08. The second-order valence-corrected chi connectivity index (χ2v) is 2.89. The fourth-order valence-electron chi connectivity index (χ4n) is 1.28. The van der Waals surface area contributed by atoms with E-state index < -0.39 is 18.4 Å². The Kier molecular flexibility index (Phi) is 3.83. The third-order valence-electron chi connectivity index (χ3n) is 2.01. The number of aliphatic hydroxyl groups excluding tert-OH is 1. The van der Waals surface area contributed by atoms with Crippen LogP contribution in [0.25, 0.3) is 0 Å². The van der Waals surface area contributed by atoms with E-state index >= 15 is 0 Å². The van der Waals surface area contributed by atoms with Crippen LogP contribution in [0.4, 0.5) is 8.78 Å². The lowest BCUT2D eigenvalue weighted by Gasteiger charge is -2.12. The molecule has 1 unspecified atom stereocenters. The molecule has 1 N–H and O–H groups in total. The van der Waals surface area contributed by atoms with E-state index in [0.717, 1.165) is 0 Å². The second kappa shape index (κ2) is 4.92. The molecule has 0 amide bonds. The van der Waals surface area contributed by atoms with Gasteiger partial charge in [-0.1, -0.05) is 18.2 Å². The molecule has 1 rings (SSSR count). The molecule has 13 heavy (non-hydrogen) atoms. The van der Waals surface area contributed by atoms with Crippen LogP contribution in [0.2, 0.25) is 0 Å². The Morgan fingerprint density at radius 3 is 2.54 bits per heavy atom. The quantitative estimate of drug-likeness (QED) is 0.764. The first-order valence-corrected chi connectivity index (χ1v) is 4.20. The van der Waals surface area contributed by atoms with E-state index in [1.807, 2.05) is 0 Å². The Bertz CT molecular complexity index is 263. The summed E-state index contributed by atoms with van der Waals surface area (Å²) in [6.07, 6.45) is 0.261. The van der Waals surface area contributed by atoms with Gasteiger partial charge in [-0.25, -0.2) is 4.39 Å². The molecular formula is C10H12F2O. The van der Waals surface area contributed by atoms with Crippen LogP contribution in [0.15, 0.2) is 24.3 Å². The van der Waals surface area contributed by atoms with E-state index in [1.54, 1.807) is 18.2 Å². The lowest BCUT2D eigenvalue weighted by Crippen LogP contribution is -2.05. The maximum atomic E-state index is 13.1. The van der Waals surface area contributed by atoms with E-state index in [1.165, 1.54) is 6.07 Å². The van der Waals surface area contributed by atoms with Gasteiger partial charge in [-0.05, 0) is 18.1 Å². The van der Waals surface area contributed by atoms with Gasteiger partial charge < -0.3 is 5.11 Å². The molecule has 0 aliphatic heterocycles. The van der Waals surface area contributed by atoms with Crippen molar-refractivity contribution < 1.29 is 13.9 Å². The highest BCUT2D eigenvalue weighted by atomic mass is 19.1. The Labute approximate surface area is 76.0 Å². The van der Waals surface area contributed by atoms with Crippen molar-refractivity contribution in [2.75, 3.05) is 13.3 Å². The molecule has 3 heteroatoms. The number of halogens is 2. The molecule has 0 radical (unpaired) electrons. The monoisotopic (exact) mass is 186 g/mol. The summed E-state index contributed by atoms with van der Waals surface area (Å²) < 4.78 is 25.5. The predicted octanol–water partition coefficient (Wildman–Crippen LogP) is 2.26. The summed E-state index contributed by atoms with van der Waals surface area (Å²) >= 11 is 0. The Morgan fingerprint density at radius 2 is 2.00 bits per heavy atom. The van der Waals surface area contributed by atoms with E-state index in [0.29, 0.717) is 5.56 Å². The maximum absolute atomic E-state index is 13.1. The average Bonchev–Trinajstić information content (AvgIpc) is 2.16. The molecule has 72 valence electrons. The van der Waals surface area contributed by atoms with Gasteiger partial charge in [-0.2, -0.15) is 0 Å². The van der Waals surface area contributed by atoms with Gasteiger partial charge in [0.05, 0.1) is 6.67 Å². The number of rotatable bonds is 4. The minimum Gasteiger partial charge on any atom is -0.396 e. The van der Waals surface area contributed by atoms with Crippen LogP contribution in [0.3, 0.4) is 0 Å². The van der Waals surface area contributed by atoms with E-state index in [-0.39, 0.29) is 13.0 Å². The fourth-order valence-corrected chi connectivity index (χ4v) is 1.28. The Morgan fingerprint density at radius 1 is 1.31 bits per heavy atom. The van der Waals surface area contributed by atoms with E-state index in [2.05, 4.69) is 0 Å². The SMILES string of the molecule is OCCC(CF)c1ccccc1F. The zero-order valence-electron chi connectivity index (χ0n) is 7.21. The zero-order valence-corrected chi connectivity index (χ0v) is 7.21. The smallest absolute Gasteiger partial charge is 0.126 e. The zero-order chi connectivity index (χ0) is 9.68. The van der Waals surface area contributed by atoms with Crippen LogP contribution in [0, 0.1) is 5.82 Å². The first-order chi connectivity index (χ1) is 6.29. The van der Waals surface area contributed by atoms with Gasteiger partial charge in [0.25, 0.3) is 0 Å². The Balaban J connectivity index is 2.84. The number of hydrogen-bond donors (Lipinski definition) is 1. The van der Waals surface area contributed by atoms with Crippen molar-refractivity contribution in [1.82, 2.24) is 0 Å². The number of hydrogen-bond acceptors (Lipinski definition) is 1. The lowest BCUT2D eigenvalue weighted by molar-refractivity contribution is 0.261. The first kappa shape index (κ1) is 10.1. The molecule has 1 nitrogen and oxygen atoms in total. The summed E-state index contributed by atoms with van der Waals surface area (Å²) in [5.41, 5.74) is 0.346. The normalized spacial score (nSPS) is 12.8. The molecule has 0 spiro atoms. The van der Waals surface area contributed by atoms with Crippen LogP contribution in [-0.2, 0) is 0 Å². The van der Waals surface area contributed by atoms with Crippen molar-refractivity contribution in [3.05, 3.63) is 35.6 Å². The van der Waals surface area contributed by atoms with Gasteiger partial charge in [0.1, 0.15) is 5.82 Å². The van der Waals surface area contributed by atoms with Crippen LogP contribution >= 0.6 is 0 Å². The van der Waals surface area contributed by atoms with Crippen molar-refractivity contribution in [3.63, 3.8) is 0 Å². The van der Waals surface area contributed by atoms with Crippen LogP contribution in [-0.4, -0.2) is 18.4 Å². The minimum absolute atomic E-state index is 0.122. The van der Waals surface area contributed by atoms with Crippen LogP contribution in [0.5, 0.6) is 0 Å². The standard InChI is InChI=1S/C10H12F2O/c11-7-8(5-6-13)9-3-1-2-4-10(9)12/h1-4,8,13H,5-7H2. The molecule has 1 atom stereocenters. The van der Waals surface area contributed by atoms with Crippen molar-refractivity contribution in [2.24, 2.45) is 0 Å². The van der Waals surface area contributed by atoms with Crippen molar-refractivity contribution >= 4 is 0 Å². The molecule has 1 aromatic rings. The molecule has 0 fully saturated rings. The highest BCUT2D eigenvalue weighted by Gasteiger charge is 2.14. The fraction of sp³-hybridized carbons (Fsp3) is 0.400. The van der Waals surface area contributed by atoms with Crippen molar-refractivity contribution in [3.8, 4) is 0 Å². The van der Waals surface area contributed by atoms with E-state index in [9.17, 15) is 8.78 Å². The molecule has 0 aliphatic rings. The molecule has 0 aromatic heterocycles. The van der Waals surface area contributed by atoms with Crippen molar-refractivity contribution in [2.45, 2.75) is 12.3 Å². The third-order valence-corrected chi connectivity index (χ3v) is 2.01. The molecule has 0 bridgehead atoms. The van der Waals surface area contributed by atoms with Gasteiger partial charge in [0.15, 0.2) is 0 Å². The topological polar surface area (TPSA) is 20.2 Å².